The molecule has 2 aromatic carbocycles. The number of nitrogens with zero attached hydrogens (tertiary/aromatic N) is 1. The van der Waals surface area contributed by atoms with Crippen molar-refractivity contribution < 1.29 is 27.4 Å². The van der Waals surface area contributed by atoms with Crippen LogP contribution in [-0.2, 0) is 11.0 Å². The standard InChI is InChI=1S/C21H19F3N2O3/c1-3-28-18-9-8-14(19(12-18)29-4-2)10-15(13-25)20(27)26-17-7-5-6-16(11-17)21(22,23)24/h5-12H,3-4H2,1-2H3,(H,26,27)/b15-10-. The summed E-state index contributed by atoms with van der Waals surface area (Å²) in [5, 5.41) is 11.7. The van der Waals surface area contributed by atoms with Gasteiger partial charge in [-0.05, 0) is 50.3 Å². The van der Waals surface area contributed by atoms with Crippen LogP contribution in [0.5, 0.6) is 11.5 Å². The summed E-state index contributed by atoms with van der Waals surface area (Å²) in [5.41, 5.74) is -0.788. The van der Waals surface area contributed by atoms with Crippen molar-refractivity contribution >= 4 is 17.7 Å². The number of alkyl halides is 3. The molecule has 2 rings (SSSR count). The zero-order chi connectivity index (χ0) is 21.4. The number of hydrogen-bond acceptors (Lipinski definition) is 4. The SMILES string of the molecule is CCOc1ccc(/C=C(/C#N)C(=O)Nc2cccc(C(F)(F)F)c2)c(OCC)c1. The predicted octanol–water partition coefficient (Wildman–Crippen LogP) is 5.05. The van der Waals surface area contributed by atoms with E-state index in [-0.39, 0.29) is 11.3 Å². The first-order valence-electron chi connectivity index (χ1n) is 8.78. The van der Waals surface area contributed by atoms with Gasteiger partial charge in [0.15, 0.2) is 0 Å². The highest BCUT2D eigenvalue weighted by Crippen LogP contribution is 2.31. The normalized spacial score (nSPS) is 11.5. The Morgan fingerprint density at radius 2 is 1.86 bits per heavy atom. The van der Waals surface area contributed by atoms with E-state index in [9.17, 15) is 23.2 Å². The molecule has 0 bridgehead atoms. The minimum Gasteiger partial charge on any atom is -0.494 e. The van der Waals surface area contributed by atoms with E-state index < -0.39 is 17.6 Å². The van der Waals surface area contributed by atoms with Crippen LogP contribution in [0.4, 0.5) is 18.9 Å². The van der Waals surface area contributed by atoms with Crippen molar-refractivity contribution in [1.29, 1.82) is 5.26 Å². The van der Waals surface area contributed by atoms with Gasteiger partial charge in [-0.3, -0.25) is 4.79 Å². The molecular weight excluding hydrogens is 385 g/mol. The Balaban J connectivity index is 2.30. The third-order valence-electron chi connectivity index (χ3n) is 3.71. The molecular formula is C21H19F3N2O3. The van der Waals surface area contributed by atoms with E-state index in [1.807, 2.05) is 6.92 Å². The zero-order valence-corrected chi connectivity index (χ0v) is 15.8. The second kappa shape index (κ2) is 9.64. The molecule has 0 heterocycles. The van der Waals surface area contributed by atoms with Crippen LogP contribution in [0.2, 0.25) is 0 Å². The van der Waals surface area contributed by atoms with Gasteiger partial charge in [-0.2, -0.15) is 18.4 Å². The van der Waals surface area contributed by atoms with Gasteiger partial charge in [0.2, 0.25) is 0 Å². The lowest BCUT2D eigenvalue weighted by Gasteiger charge is -2.11. The lowest BCUT2D eigenvalue weighted by atomic mass is 10.1. The van der Waals surface area contributed by atoms with Crippen molar-refractivity contribution in [2.24, 2.45) is 0 Å². The van der Waals surface area contributed by atoms with Crippen LogP contribution in [0.15, 0.2) is 48.0 Å². The number of amides is 1. The molecule has 0 saturated heterocycles. The van der Waals surface area contributed by atoms with Crippen LogP contribution >= 0.6 is 0 Å². The van der Waals surface area contributed by atoms with Gasteiger partial charge in [0, 0.05) is 17.3 Å². The molecule has 0 aromatic heterocycles. The Morgan fingerprint density at radius 3 is 2.48 bits per heavy atom. The molecule has 0 spiro atoms. The van der Waals surface area contributed by atoms with Gasteiger partial charge in [0.25, 0.3) is 5.91 Å². The number of halogens is 3. The molecule has 0 saturated carbocycles. The van der Waals surface area contributed by atoms with Crippen molar-refractivity contribution in [2.45, 2.75) is 20.0 Å². The number of carbonyl (C=O) groups is 1. The molecule has 1 N–H and O–H groups in total. The quantitative estimate of drug-likeness (QED) is 0.518. The molecule has 0 aliphatic rings. The van der Waals surface area contributed by atoms with E-state index in [4.69, 9.17) is 9.47 Å². The molecule has 29 heavy (non-hydrogen) atoms. The topological polar surface area (TPSA) is 71.3 Å². The maximum absolute atomic E-state index is 12.8. The summed E-state index contributed by atoms with van der Waals surface area (Å²) >= 11 is 0. The fourth-order valence-corrected chi connectivity index (χ4v) is 2.45. The molecule has 0 fully saturated rings. The number of benzene rings is 2. The Morgan fingerprint density at radius 1 is 1.14 bits per heavy atom. The van der Waals surface area contributed by atoms with Gasteiger partial charge >= 0.3 is 6.18 Å². The Kier molecular flexibility index (Phi) is 7.26. The zero-order valence-electron chi connectivity index (χ0n) is 15.8. The molecule has 0 aliphatic heterocycles. The fraction of sp³-hybridized carbons (Fsp3) is 0.238. The predicted molar refractivity (Wildman–Crippen MR) is 102 cm³/mol. The maximum atomic E-state index is 12.8. The summed E-state index contributed by atoms with van der Waals surface area (Å²) < 4.78 is 49.4. The van der Waals surface area contributed by atoms with Crippen molar-refractivity contribution in [3.8, 4) is 17.6 Å². The van der Waals surface area contributed by atoms with Crippen molar-refractivity contribution in [2.75, 3.05) is 18.5 Å². The molecule has 152 valence electrons. The van der Waals surface area contributed by atoms with Crippen LogP contribution in [0.1, 0.15) is 25.0 Å². The summed E-state index contributed by atoms with van der Waals surface area (Å²) in [6.45, 7) is 4.44. The lowest BCUT2D eigenvalue weighted by Crippen LogP contribution is -2.14. The van der Waals surface area contributed by atoms with Crippen molar-refractivity contribution in [3.63, 3.8) is 0 Å². The van der Waals surface area contributed by atoms with E-state index in [0.717, 1.165) is 12.1 Å². The highest BCUT2D eigenvalue weighted by Gasteiger charge is 2.30. The number of carbonyl (C=O) groups excluding carboxylic acids is 1. The Bertz CT molecular complexity index is 947. The average Bonchev–Trinajstić information content (AvgIpc) is 2.67. The fourth-order valence-electron chi connectivity index (χ4n) is 2.45. The van der Waals surface area contributed by atoms with E-state index in [2.05, 4.69) is 5.32 Å². The minimum atomic E-state index is -4.54. The number of hydrogen-bond donors (Lipinski definition) is 1. The molecule has 0 radical (unpaired) electrons. The third kappa shape index (κ3) is 6.01. The second-order valence-electron chi connectivity index (χ2n) is 5.77. The summed E-state index contributed by atoms with van der Waals surface area (Å²) in [6, 6.07) is 10.9. The van der Waals surface area contributed by atoms with Crippen LogP contribution in [0.3, 0.4) is 0 Å². The Hall–Kier alpha value is -3.47. The van der Waals surface area contributed by atoms with Crippen LogP contribution < -0.4 is 14.8 Å². The molecule has 0 unspecified atom stereocenters. The van der Waals surface area contributed by atoms with Gasteiger partial charge in [0.05, 0.1) is 18.8 Å². The first-order valence-corrected chi connectivity index (χ1v) is 8.78. The third-order valence-corrected chi connectivity index (χ3v) is 3.71. The smallest absolute Gasteiger partial charge is 0.416 e. The van der Waals surface area contributed by atoms with E-state index in [0.29, 0.717) is 30.3 Å². The summed E-state index contributed by atoms with van der Waals surface area (Å²) in [5.74, 6) is 0.154. The average molecular weight is 404 g/mol. The highest BCUT2D eigenvalue weighted by molar-refractivity contribution is 6.09. The van der Waals surface area contributed by atoms with E-state index in [1.165, 1.54) is 18.2 Å². The van der Waals surface area contributed by atoms with Gasteiger partial charge in [0.1, 0.15) is 23.1 Å². The van der Waals surface area contributed by atoms with Crippen molar-refractivity contribution in [1.82, 2.24) is 0 Å². The van der Waals surface area contributed by atoms with Gasteiger partial charge in [-0.15, -0.1) is 0 Å². The van der Waals surface area contributed by atoms with Crippen molar-refractivity contribution in [3.05, 3.63) is 59.2 Å². The van der Waals surface area contributed by atoms with Gasteiger partial charge < -0.3 is 14.8 Å². The minimum absolute atomic E-state index is 0.0669. The number of ether oxygens (including phenoxy) is 2. The molecule has 8 heteroatoms. The highest BCUT2D eigenvalue weighted by atomic mass is 19.4. The molecule has 0 aliphatic carbocycles. The first kappa shape index (κ1) is 21.8. The summed E-state index contributed by atoms with van der Waals surface area (Å²) in [6.07, 6.45) is -3.23. The monoisotopic (exact) mass is 404 g/mol. The summed E-state index contributed by atoms with van der Waals surface area (Å²) in [4.78, 5) is 12.4. The number of anilines is 1. The first-order chi connectivity index (χ1) is 13.8. The number of rotatable bonds is 7. The van der Waals surface area contributed by atoms with Crippen LogP contribution in [-0.4, -0.2) is 19.1 Å². The molecule has 1 amide bonds. The van der Waals surface area contributed by atoms with Gasteiger partial charge in [-0.1, -0.05) is 6.07 Å². The largest absolute Gasteiger partial charge is 0.494 e. The Labute approximate surface area is 166 Å². The molecule has 5 nitrogen and oxygen atoms in total. The van der Waals surface area contributed by atoms with E-state index >= 15 is 0 Å². The molecule has 2 aromatic rings. The summed E-state index contributed by atoms with van der Waals surface area (Å²) in [7, 11) is 0. The van der Waals surface area contributed by atoms with Gasteiger partial charge in [-0.25, -0.2) is 0 Å². The lowest BCUT2D eigenvalue weighted by molar-refractivity contribution is -0.137. The molecule has 0 atom stereocenters. The van der Waals surface area contributed by atoms with Crippen LogP contribution in [0.25, 0.3) is 6.08 Å². The van der Waals surface area contributed by atoms with E-state index in [1.54, 1.807) is 31.2 Å². The number of nitriles is 1. The number of nitrogens with one attached hydrogen (secondary N) is 1. The maximum Gasteiger partial charge on any atom is 0.416 e. The van der Waals surface area contributed by atoms with Crippen LogP contribution in [0, 0.1) is 11.3 Å². The second-order valence-corrected chi connectivity index (χ2v) is 5.77.